The van der Waals surface area contributed by atoms with Crippen LogP contribution in [-0.2, 0) is 13.0 Å². The fraction of sp³-hybridized carbons (Fsp3) is 0.286. The van der Waals surface area contributed by atoms with Gasteiger partial charge in [0.2, 0.25) is 0 Å². The zero-order valence-corrected chi connectivity index (χ0v) is 12.9. The molecule has 0 fully saturated rings. The van der Waals surface area contributed by atoms with Crippen molar-refractivity contribution in [2.45, 2.75) is 26.8 Å². The highest BCUT2D eigenvalue weighted by molar-refractivity contribution is 9.10. The van der Waals surface area contributed by atoms with Crippen LogP contribution in [0.25, 0.3) is 0 Å². The summed E-state index contributed by atoms with van der Waals surface area (Å²) in [5.41, 5.74) is 1.90. The molecule has 1 aromatic carbocycles. The Morgan fingerprint density at radius 1 is 1.40 bits per heavy atom. The lowest BCUT2D eigenvalue weighted by molar-refractivity contribution is 0.101. The van der Waals surface area contributed by atoms with Crippen molar-refractivity contribution in [3.63, 3.8) is 0 Å². The van der Waals surface area contributed by atoms with Gasteiger partial charge < -0.3 is 5.32 Å². The normalized spacial score (nSPS) is 10.6. The molecule has 106 valence electrons. The number of anilines is 1. The van der Waals surface area contributed by atoms with Crippen LogP contribution in [0.1, 0.15) is 30.0 Å². The molecule has 1 N–H and O–H groups in total. The topological polar surface area (TPSA) is 46.9 Å². The van der Waals surface area contributed by atoms with Crippen molar-refractivity contribution in [1.82, 2.24) is 9.78 Å². The van der Waals surface area contributed by atoms with Gasteiger partial charge in [-0.1, -0.05) is 6.92 Å². The van der Waals surface area contributed by atoms with Gasteiger partial charge >= 0.3 is 0 Å². The number of hydrogen-bond acceptors (Lipinski definition) is 2. The third kappa shape index (κ3) is 3.07. The molecule has 0 aliphatic heterocycles. The average molecular weight is 340 g/mol. The standard InChI is InChI=1S/C14H15BrFN3O/c1-3-10-8-13(19(4-2)18-10)14(20)17-12-6-5-9(16)7-11(12)15/h5-8H,3-4H2,1-2H3,(H,17,20). The largest absolute Gasteiger partial charge is 0.320 e. The Balaban J connectivity index is 2.25. The van der Waals surface area contributed by atoms with Crippen LogP contribution in [0.2, 0.25) is 0 Å². The minimum atomic E-state index is -0.359. The van der Waals surface area contributed by atoms with Gasteiger partial charge in [0.15, 0.2) is 0 Å². The van der Waals surface area contributed by atoms with Gasteiger partial charge in [-0.15, -0.1) is 0 Å². The number of rotatable bonds is 4. The lowest BCUT2D eigenvalue weighted by atomic mass is 10.2. The van der Waals surface area contributed by atoms with Crippen molar-refractivity contribution in [2.75, 3.05) is 5.32 Å². The molecule has 20 heavy (non-hydrogen) atoms. The number of carbonyl (C=O) groups excluding carboxylic acids is 1. The summed E-state index contributed by atoms with van der Waals surface area (Å²) in [4.78, 5) is 12.3. The first-order valence-electron chi connectivity index (χ1n) is 6.38. The Hall–Kier alpha value is -1.69. The van der Waals surface area contributed by atoms with Crippen molar-refractivity contribution in [3.05, 3.63) is 45.9 Å². The molecule has 0 bridgehead atoms. The molecule has 0 aliphatic carbocycles. The van der Waals surface area contributed by atoms with E-state index >= 15 is 0 Å². The fourth-order valence-corrected chi connectivity index (χ4v) is 2.29. The number of carbonyl (C=O) groups is 1. The maximum absolute atomic E-state index is 13.0. The van der Waals surface area contributed by atoms with E-state index in [1.54, 1.807) is 10.7 Å². The van der Waals surface area contributed by atoms with Gasteiger partial charge in [-0.2, -0.15) is 5.10 Å². The SMILES string of the molecule is CCc1cc(C(=O)Nc2ccc(F)cc2Br)n(CC)n1. The molecule has 0 saturated heterocycles. The molecule has 0 radical (unpaired) electrons. The van der Waals surface area contributed by atoms with Gasteiger partial charge in [0.25, 0.3) is 5.91 Å². The molecule has 1 heterocycles. The van der Waals surface area contributed by atoms with Crippen LogP contribution >= 0.6 is 15.9 Å². The van der Waals surface area contributed by atoms with Gasteiger partial charge in [0.05, 0.1) is 11.4 Å². The van der Waals surface area contributed by atoms with E-state index in [4.69, 9.17) is 0 Å². The van der Waals surface area contributed by atoms with Crippen LogP contribution in [0.5, 0.6) is 0 Å². The minimum Gasteiger partial charge on any atom is -0.320 e. The first-order valence-corrected chi connectivity index (χ1v) is 7.17. The number of aromatic nitrogens is 2. The third-order valence-corrected chi connectivity index (χ3v) is 3.56. The molecule has 1 amide bonds. The molecule has 0 aliphatic rings. The summed E-state index contributed by atoms with van der Waals surface area (Å²) < 4.78 is 15.2. The number of halogens is 2. The average Bonchev–Trinajstić information content (AvgIpc) is 2.85. The number of hydrogen-bond donors (Lipinski definition) is 1. The summed E-state index contributed by atoms with van der Waals surface area (Å²) in [7, 11) is 0. The van der Waals surface area contributed by atoms with E-state index in [0.29, 0.717) is 22.4 Å². The molecular formula is C14H15BrFN3O. The van der Waals surface area contributed by atoms with Crippen molar-refractivity contribution in [3.8, 4) is 0 Å². The van der Waals surface area contributed by atoms with Gasteiger partial charge in [-0.05, 0) is 53.5 Å². The van der Waals surface area contributed by atoms with Crippen LogP contribution in [0.3, 0.4) is 0 Å². The summed E-state index contributed by atoms with van der Waals surface area (Å²) in [6.07, 6.45) is 0.771. The van der Waals surface area contributed by atoms with Crippen molar-refractivity contribution in [2.24, 2.45) is 0 Å². The highest BCUT2D eigenvalue weighted by atomic mass is 79.9. The van der Waals surface area contributed by atoms with Crippen LogP contribution in [-0.4, -0.2) is 15.7 Å². The number of nitrogens with one attached hydrogen (secondary N) is 1. The Kier molecular flexibility index (Phi) is 4.54. The number of benzene rings is 1. The Morgan fingerprint density at radius 3 is 2.75 bits per heavy atom. The second kappa shape index (κ2) is 6.17. The predicted octanol–water partition coefficient (Wildman–Crippen LogP) is 3.62. The Labute approximate surface area is 125 Å². The smallest absolute Gasteiger partial charge is 0.273 e. The molecule has 2 rings (SSSR count). The molecule has 1 aromatic heterocycles. The lowest BCUT2D eigenvalue weighted by Gasteiger charge is -2.08. The van der Waals surface area contributed by atoms with E-state index in [1.807, 2.05) is 13.8 Å². The van der Waals surface area contributed by atoms with E-state index in [9.17, 15) is 9.18 Å². The highest BCUT2D eigenvalue weighted by Crippen LogP contribution is 2.23. The van der Waals surface area contributed by atoms with Crippen LogP contribution < -0.4 is 5.32 Å². The van der Waals surface area contributed by atoms with Gasteiger partial charge in [0.1, 0.15) is 11.5 Å². The third-order valence-electron chi connectivity index (χ3n) is 2.90. The Bertz CT molecular complexity index is 639. The van der Waals surface area contributed by atoms with E-state index in [2.05, 4.69) is 26.3 Å². The number of aryl methyl sites for hydroxylation is 2. The molecule has 4 nitrogen and oxygen atoms in total. The number of amides is 1. The lowest BCUT2D eigenvalue weighted by Crippen LogP contribution is -2.17. The summed E-state index contributed by atoms with van der Waals surface area (Å²) in [6.45, 7) is 4.53. The zero-order valence-electron chi connectivity index (χ0n) is 11.3. The van der Waals surface area contributed by atoms with E-state index in [0.717, 1.165) is 12.1 Å². The van der Waals surface area contributed by atoms with Gasteiger partial charge in [0, 0.05) is 11.0 Å². The van der Waals surface area contributed by atoms with Crippen LogP contribution in [0, 0.1) is 5.82 Å². The Morgan fingerprint density at radius 2 is 2.15 bits per heavy atom. The first kappa shape index (κ1) is 14.7. The van der Waals surface area contributed by atoms with Crippen LogP contribution in [0.4, 0.5) is 10.1 Å². The summed E-state index contributed by atoms with van der Waals surface area (Å²) in [6, 6.07) is 5.90. The quantitative estimate of drug-likeness (QED) is 0.924. The molecule has 0 atom stereocenters. The summed E-state index contributed by atoms with van der Waals surface area (Å²) >= 11 is 3.23. The van der Waals surface area contributed by atoms with E-state index < -0.39 is 0 Å². The molecule has 0 spiro atoms. The van der Waals surface area contributed by atoms with Crippen molar-refractivity contribution in [1.29, 1.82) is 0 Å². The maximum atomic E-state index is 13.0. The summed E-state index contributed by atoms with van der Waals surface area (Å²) in [5.74, 6) is -0.617. The zero-order chi connectivity index (χ0) is 14.7. The van der Waals surface area contributed by atoms with Crippen LogP contribution in [0.15, 0.2) is 28.7 Å². The molecule has 6 heteroatoms. The molecule has 2 aromatic rings. The van der Waals surface area contributed by atoms with E-state index in [-0.39, 0.29) is 11.7 Å². The predicted molar refractivity (Wildman–Crippen MR) is 79.3 cm³/mol. The van der Waals surface area contributed by atoms with E-state index in [1.165, 1.54) is 18.2 Å². The summed E-state index contributed by atoms with van der Waals surface area (Å²) in [5, 5.41) is 7.08. The van der Waals surface area contributed by atoms with Crippen molar-refractivity contribution >= 4 is 27.5 Å². The molecule has 0 saturated carbocycles. The highest BCUT2D eigenvalue weighted by Gasteiger charge is 2.15. The van der Waals surface area contributed by atoms with Crippen molar-refractivity contribution < 1.29 is 9.18 Å². The second-order valence-corrected chi connectivity index (χ2v) is 5.12. The first-order chi connectivity index (χ1) is 9.55. The molecular weight excluding hydrogens is 325 g/mol. The molecule has 0 unspecified atom stereocenters. The van der Waals surface area contributed by atoms with Gasteiger partial charge in [-0.25, -0.2) is 4.39 Å². The number of nitrogens with zero attached hydrogens (tertiary/aromatic N) is 2. The fourth-order valence-electron chi connectivity index (χ4n) is 1.84. The maximum Gasteiger partial charge on any atom is 0.273 e. The van der Waals surface area contributed by atoms with Gasteiger partial charge in [-0.3, -0.25) is 9.48 Å². The minimum absolute atomic E-state index is 0.258. The second-order valence-electron chi connectivity index (χ2n) is 4.27. The monoisotopic (exact) mass is 339 g/mol.